The largest absolute Gasteiger partial charge is 0.377 e. The highest BCUT2D eigenvalue weighted by Gasteiger charge is 2.26. The minimum atomic E-state index is -0.0609. The van der Waals surface area contributed by atoms with Crippen molar-refractivity contribution >= 4 is 16.9 Å². The van der Waals surface area contributed by atoms with Crippen molar-refractivity contribution in [2.24, 2.45) is 0 Å². The van der Waals surface area contributed by atoms with Crippen molar-refractivity contribution in [2.45, 2.75) is 37.8 Å². The molecule has 4 rings (SSSR count). The second kappa shape index (κ2) is 7.63. The highest BCUT2D eigenvalue weighted by atomic mass is 16.5. The maximum atomic E-state index is 12.4. The van der Waals surface area contributed by atoms with Crippen molar-refractivity contribution < 1.29 is 9.53 Å². The minimum Gasteiger partial charge on any atom is -0.377 e. The number of ether oxygens (including phenoxy) is 1. The molecule has 0 radical (unpaired) electrons. The van der Waals surface area contributed by atoms with Crippen LogP contribution in [-0.4, -0.2) is 59.2 Å². The van der Waals surface area contributed by atoms with Crippen LogP contribution in [0.5, 0.6) is 0 Å². The number of H-pyrrole nitrogens is 1. The zero-order chi connectivity index (χ0) is 17.9. The third-order valence-corrected chi connectivity index (χ3v) is 5.48. The number of nitrogens with zero attached hydrogens (tertiary/aromatic N) is 2. The predicted octanol–water partition coefficient (Wildman–Crippen LogP) is 1.26. The second-order valence-corrected chi connectivity index (χ2v) is 7.20. The lowest BCUT2D eigenvalue weighted by molar-refractivity contribution is -0.131. The van der Waals surface area contributed by atoms with Crippen LogP contribution in [0.3, 0.4) is 0 Å². The van der Waals surface area contributed by atoms with Gasteiger partial charge in [-0.25, -0.2) is 4.79 Å². The molecule has 7 nitrogen and oxygen atoms in total. The Morgan fingerprint density at radius 1 is 1.23 bits per heavy atom. The lowest BCUT2D eigenvalue weighted by Crippen LogP contribution is -2.45. The van der Waals surface area contributed by atoms with Crippen LogP contribution in [-0.2, 0) is 9.53 Å². The smallest absolute Gasteiger partial charge is 0.326 e. The Labute approximate surface area is 152 Å². The number of para-hydroxylation sites is 2. The lowest BCUT2D eigenvalue weighted by atomic mass is 10.0. The number of hydrogen-bond acceptors (Lipinski definition) is 4. The molecule has 1 aromatic carbocycles. The van der Waals surface area contributed by atoms with E-state index < -0.39 is 0 Å². The number of hydrogen-bond donors (Lipinski definition) is 2. The summed E-state index contributed by atoms with van der Waals surface area (Å²) in [7, 11) is 0. The van der Waals surface area contributed by atoms with Crippen LogP contribution in [0.4, 0.5) is 0 Å². The molecule has 1 aromatic heterocycles. The van der Waals surface area contributed by atoms with Gasteiger partial charge in [-0.15, -0.1) is 0 Å². The first-order valence-corrected chi connectivity index (χ1v) is 9.52. The van der Waals surface area contributed by atoms with Gasteiger partial charge < -0.3 is 19.9 Å². The minimum absolute atomic E-state index is 0.0609. The Balaban J connectivity index is 1.31. The monoisotopic (exact) mass is 358 g/mol. The molecule has 0 aliphatic carbocycles. The number of rotatable bonds is 5. The van der Waals surface area contributed by atoms with Gasteiger partial charge in [0.25, 0.3) is 0 Å². The first-order chi connectivity index (χ1) is 12.7. The summed E-state index contributed by atoms with van der Waals surface area (Å²) in [6, 6.07) is 7.91. The fraction of sp³-hybridized carbons (Fsp3) is 0.579. The van der Waals surface area contributed by atoms with Crippen molar-refractivity contribution in [3.8, 4) is 0 Å². The van der Waals surface area contributed by atoms with E-state index in [0.717, 1.165) is 49.9 Å². The van der Waals surface area contributed by atoms with Crippen LogP contribution in [0.15, 0.2) is 29.1 Å². The fourth-order valence-electron chi connectivity index (χ4n) is 4.07. The molecule has 1 atom stereocenters. The summed E-state index contributed by atoms with van der Waals surface area (Å²) in [5.41, 5.74) is 1.75. The van der Waals surface area contributed by atoms with E-state index >= 15 is 0 Å². The van der Waals surface area contributed by atoms with Crippen LogP contribution < -0.4 is 11.0 Å². The highest BCUT2D eigenvalue weighted by molar-refractivity contribution is 5.78. The van der Waals surface area contributed by atoms with Crippen molar-refractivity contribution in [3.05, 3.63) is 34.7 Å². The molecule has 140 valence electrons. The predicted molar refractivity (Wildman–Crippen MR) is 99.3 cm³/mol. The normalized spacial score (nSPS) is 21.5. The van der Waals surface area contributed by atoms with Crippen molar-refractivity contribution in [1.82, 2.24) is 19.8 Å². The summed E-state index contributed by atoms with van der Waals surface area (Å²) in [5, 5.41) is 3.22. The number of fused-ring (bicyclic) bond motifs is 1. The van der Waals surface area contributed by atoms with E-state index in [9.17, 15) is 9.59 Å². The van der Waals surface area contributed by atoms with E-state index in [2.05, 4.69) is 10.3 Å². The van der Waals surface area contributed by atoms with Gasteiger partial charge in [-0.3, -0.25) is 9.36 Å². The molecule has 26 heavy (non-hydrogen) atoms. The van der Waals surface area contributed by atoms with E-state index in [1.165, 1.54) is 0 Å². The number of aromatic nitrogens is 2. The van der Waals surface area contributed by atoms with Gasteiger partial charge in [-0.05, 0) is 37.8 Å². The fourth-order valence-corrected chi connectivity index (χ4v) is 4.07. The standard InChI is InChI=1S/C19H26N4O3/c24-18(13-20-12-15-4-3-11-26-15)22-9-7-14(8-10-22)23-17-6-2-1-5-16(17)21-19(23)25/h1-2,5-6,14-15,20H,3-4,7-13H2,(H,21,25). The molecule has 2 aliphatic rings. The van der Waals surface area contributed by atoms with Gasteiger partial charge in [0, 0.05) is 32.3 Å². The number of nitrogens with one attached hydrogen (secondary N) is 2. The molecule has 0 spiro atoms. The van der Waals surface area contributed by atoms with Crippen LogP contribution in [0.25, 0.3) is 11.0 Å². The van der Waals surface area contributed by atoms with Gasteiger partial charge in [0.2, 0.25) is 5.91 Å². The van der Waals surface area contributed by atoms with Crippen molar-refractivity contribution in [1.29, 1.82) is 0 Å². The average Bonchev–Trinajstić information content (AvgIpc) is 3.28. The topological polar surface area (TPSA) is 79.4 Å². The van der Waals surface area contributed by atoms with Crippen molar-refractivity contribution in [2.75, 3.05) is 32.8 Å². The number of likely N-dealkylation sites (tertiary alicyclic amines) is 1. The van der Waals surface area contributed by atoms with Gasteiger partial charge in [-0.2, -0.15) is 0 Å². The van der Waals surface area contributed by atoms with Crippen LogP contribution in [0.2, 0.25) is 0 Å². The molecule has 2 saturated heterocycles. The van der Waals surface area contributed by atoms with Crippen LogP contribution in [0, 0.1) is 0 Å². The number of aromatic amines is 1. The first-order valence-electron chi connectivity index (χ1n) is 9.52. The summed E-state index contributed by atoms with van der Waals surface area (Å²) < 4.78 is 7.41. The van der Waals surface area contributed by atoms with E-state index in [1.54, 1.807) is 0 Å². The molecule has 2 aromatic rings. The van der Waals surface area contributed by atoms with Crippen LogP contribution in [0.1, 0.15) is 31.7 Å². The van der Waals surface area contributed by atoms with Gasteiger partial charge in [0.15, 0.2) is 0 Å². The van der Waals surface area contributed by atoms with E-state index in [-0.39, 0.29) is 23.7 Å². The quantitative estimate of drug-likeness (QED) is 0.843. The average molecular weight is 358 g/mol. The second-order valence-electron chi connectivity index (χ2n) is 7.20. The molecular weight excluding hydrogens is 332 g/mol. The Bertz CT molecular complexity index is 814. The van der Waals surface area contributed by atoms with Crippen LogP contribution >= 0.6 is 0 Å². The number of amides is 1. The van der Waals surface area contributed by atoms with Gasteiger partial charge in [-0.1, -0.05) is 12.1 Å². The number of carbonyl (C=O) groups excluding carboxylic acids is 1. The molecule has 0 saturated carbocycles. The molecule has 1 unspecified atom stereocenters. The summed E-state index contributed by atoms with van der Waals surface area (Å²) in [4.78, 5) is 29.5. The number of carbonyl (C=O) groups is 1. The molecule has 3 heterocycles. The summed E-state index contributed by atoms with van der Waals surface area (Å²) in [6.07, 6.45) is 4.05. The molecule has 7 heteroatoms. The maximum absolute atomic E-state index is 12.4. The Morgan fingerprint density at radius 2 is 2.04 bits per heavy atom. The van der Waals surface area contributed by atoms with Gasteiger partial charge in [0.1, 0.15) is 0 Å². The molecule has 2 N–H and O–H groups in total. The SMILES string of the molecule is O=C(CNCC1CCCO1)N1CCC(n2c(=O)[nH]c3ccccc32)CC1. The van der Waals surface area contributed by atoms with E-state index in [1.807, 2.05) is 33.7 Å². The molecule has 1 amide bonds. The third kappa shape index (κ3) is 3.54. The van der Waals surface area contributed by atoms with E-state index in [0.29, 0.717) is 19.6 Å². The van der Waals surface area contributed by atoms with Gasteiger partial charge >= 0.3 is 5.69 Å². The number of benzene rings is 1. The van der Waals surface area contributed by atoms with E-state index in [4.69, 9.17) is 4.74 Å². The summed E-state index contributed by atoms with van der Waals surface area (Å²) in [6.45, 7) is 3.32. The number of imidazole rings is 1. The Kier molecular flexibility index (Phi) is 5.08. The highest BCUT2D eigenvalue weighted by Crippen LogP contribution is 2.24. The molecule has 0 bridgehead atoms. The molecule has 2 fully saturated rings. The Morgan fingerprint density at radius 3 is 2.81 bits per heavy atom. The summed E-state index contributed by atoms with van der Waals surface area (Å²) >= 11 is 0. The third-order valence-electron chi connectivity index (χ3n) is 5.48. The summed E-state index contributed by atoms with van der Waals surface area (Å²) in [5.74, 6) is 0.132. The Hall–Kier alpha value is -2.12. The maximum Gasteiger partial charge on any atom is 0.326 e. The zero-order valence-corrected chi connectivity index (χ0v) is 14.9. The lowest BCUT2D eigenvalue weighted by Gasteiger charge is -2.32. The van der Waals surface area contributed by atoms with Crippen molar-refractivity contribution in [3.63, 3.8) is 0 Å². The van der Waals surface area contributed by atoms with Gasteiger partial charge in [0.05, 0.1) is 23.7 Å². The molecule has 2 aliphatic heterocycles. The number of piperidine rings is 1. The first kappa shape index (κ1) is 17.3. The molecular formula is C19H26N4O3. The zero-order valence-electron chi connectivity index (χ0n) is 14.9.